The number of primary amides is 1. The molecule has 1 saturated carbocycles. The molecular weight excluding hydrogens is 378 g/mol. The van der Waals surface area contributed by atoms with E-state index >= 15 is 0 Å². The van der Waals surface area contributed by atoms with Gasteiger partial charge >= 0.3 is 0 Å². The summed E-state index contributed by atoms with van der Waals surface area (Å²) in [5.74, 6) is -0.144. The molecule has 0 bridgehead atoms. The molecule has 3 N–H and O–H groups in total. The normalized spacial score (nSPS) is 20.7. The van der Waals surface area contributed by atoms with Crippen LogP contribution in [0.4, 0.5) is 5.95 Å². The Kier molecular flexibility index (Phi) is 5.00. The summed E-state index contributed by atoms with van der Waals surface area (Å²) in [6.07, 6.45) is 4.45. The van der Waals surface area contributed by atoms with Gasteiger partial charge < -0.3 is 16.0 Å². The number of amides is 2. The van der Waals surface area contributed by atoms with Gasteiger partial charge in [-0.05, 0) is 36.7 Å². The molecule has 158 valence electrons. The van der Waals surface area contributed by atoms with E-state index < -0.39 is 11.3 Å². The molecule has 1 aromatic carbocycles. The first-order chi connectivity index (χ1) is 14.2. The number of aromatic nitrogens is 2. The molecule has 1 fully saturated rings. The van der Waals surface area contributed by atoms with Crippen LogP contribution in [0.15, 0.2) is 36.5 Å². The molecule has 4 rings (SSSR count). The van der Waals surface area contributed by atoms with Crippen LogP contribution in [-0.2, 0) is 22.6 Å². The molecule has 2 aliphatic rings. The summed E-state index contributed by atoms with van der Waals surface area (Å²) < 4.78 is 0. The zero-order valence-electron chi connectivity index (χ0n) is 17.8. The second kappa shape index (κ2) is 7.38. The van der Waals surface area contributed by atoms with Gasteiger partial charge in [-0.15, -0.1) is 0 Å². The fraction of sp³-hybridized carbons (Fsp3) is 0.478. The minimum atomic E-state index is -1.03. The van der Waals surface area contributed by atoms with Gasteiger partial charge in [0, 0.05) is 25.4 Å². The highest BCUT2D eigenvalue weighted by molar-refractivity contribution is 6.07. The van der Waals surface area contributed by atoms with Crippen molar-refractivity contribution in [1.29, 1.82) is 0 Å². The van der Waals surface area contributed by atoms with E-state index in [4.69, 9.17) is 10.7 Å². The Morgan fingerprint density at radius 3 is 2.57 bits per heavy atom. The highest BCUT2D eigenvalue weighted by atomic mass is 16.2. The van der Waals surface area contributed by atoms with Crippen molar-refractivity contribution in [2.75, 3.05) is 11.9 Å². The number of benzene rings is 1. The number of hydrogen-bond acceptors (Lipinski definition) is 5. The molecule has 30 heavy (non-hydrogen) atoms. The van der Waals surface area contributed by atoms with Crippen molar-refractivity contribution in [3.05, 3.63) is 53.3 Å². The number of hydrogen-bond donors (Lipinski definition) is 2. The summed E-state index contributed by atoms with van der Waals surface area (Å²) in [7, 11) is 1.98. The third-order valence-electron chi connectivity index (χ3n) is 6.23. The summed E-state index contributed by atoms with van der Waals surface area (Å²) in [5, 5.41) is 3.07. The minimum absolute atomic E-state index is 0.0298. The average Bonchev–Trinajstić information content (AvgIpc) is 3.49. The molecule has 0 aliphatic heterocycles. The lowest BCUT2D eigenvalue weighted by Crippen LogP contribution is -2.44. The quantitative estimate of drug-likeness (QED) is 0.717. The molecule has 1 heterocycles. The number of carbonyl (C=O) groups excluding carboxylic acids is 2. The maximum atomic E-state index is 12.8. The van der Waals surface area contributed by atoms with Gasteiger partial charge in [-0.1, -0.05) is 44.2 Å². The Morgan fingerprint density at radius 1 is 1.23 bits per heavy atom. The van der Waals surface area contributed by atoms with E-state index in [9.17, 15) is 9.59 Å². The Morgan fingerprint density at radius 2 is 1.93 bits per heavy atom. The van der Waals surface area contributed by atoms with Crippen LogP contribution in [0.1, 0.15) is 56.0 Å². The van der Waals surface area contributed by atoms with Gasteiger partial charge in [-0.2, -0.15) is 0 Å². The predicted octanol–water partition coefficient (Wildman–Crippen LogP) is 2.51. The largest absolute Gasteiger partial charge is 0.369 e. The SMILES string of the molecule is CN(Cc1ccccc1)c1ncc2c(n1)CC(C)(C)C[C@@H]2NC(=O)C1(C(N)=O)CC1. The predicted molar refractivity (Wildman–Crippen MR) is 114 cm³/mol. The first-order valence-electron chi connectivity index (χ1n) is 10.4. The monoisotopic (exact) mass is 407 g/mol. The number of carbonyl (C=O) groups is 2. The summed E-state index contributed by atoms with van der Waals surface area (Å²) >= 11 is 0. The second-order valence-corrected chi connectivity index (χ2v) is 9.43. The van der Waals surface area contributed by atoms with E-state index in [0.29, 0.717) is 25.3 Å². The van der Waals surface area contributed by atoms with Gasteiger partial charge in [0.05, 0.1) is 11.7 Å². The average molecular weight is 408 g/mol. The van der Waals surface area contributed by atoms with Gasteiger partial charge in [-0.3, -0.25) is 9.59 Å². The molecule has 0 unspecified atom stereocenters. The van der Waals surface area contributed by atoms with Crippen LogP contribution in [0.2, 0.25) is 0 Å². The van der Waals surface area contributed by atoms with Gasteiger partial charge in [0.25, 0.3) is 0 Å². The smallest absolute Gasteiger partial charge is 0.236 e. The molecule has 7 heteroatoms. The standard InChI is InChI=1S/C23H29N5O2/c1-22(2)11-17(26-20(30)23(9-10-23)19(24)29)16-13-25-21(27-18(16)12-22)28(3)14-15-7-5-4-6-8-15/h4-8,13,17H,9-12,14H2,1-3H3,(H2,24,29)(H,26,30)/t17-/m0/s1. The van der Waals surface area contributed by atoms with E-state index in [-0.39, 0.29) is 17.4 Å². The molecule has 2 amide bonds. The van der Waals surface area contributed by atoms with E-state index in [1.54, 1.807) is 0 Å². The molecule has 0 radical (unpaired) electrons. The number of nitrogens with two attached hydrogens (primary N) is 1. The van der Waals surface area contributed by atoms with Crippen LogP contribution in [0, 0.1) is 10.8 Å². The maximum Gasteiger partial charge on any atom is 0.236 e. The zero-order valence-corrected chi connectivity index (χ0v) is 17.8. The third-order valence-corrected chi connectivity index (χ3v) is 6.23. The number of nitrogens with zero attached hydrogens (tertiary/aromatic N) is 3. The van der Waals surface area contributed by atoms with Crippen molar-refractivity contribution in [2.24, 2.45) is 16.6 Å². The molecule has 1 aromatic heterocycles. The first-order valence-corrected chi connectivity index (χ1v) is 10.4. The Labute approximate surface area is 177 Å². The fourth-order valence-electron chi connectivity index (χ4n) is 4.28. The lowest BCUT2D eigenvalue weighted by Gasteiger charge is -2.37. The number of fused-ring (bicyclic) bond motifs is 1. The molecule has 1 atom stereocenters. The van der Waals surface area contributed by atoms with Gasteiger partial charge in [0.15, 0.2) is 0 Å². The van der Waals surface area contributed by atoms with Gasteiger partial charge in [0.1, 0.15) is 5.41 Å². The molecule has 7 nitrogen and oxygen atoms in total. The van der Waals surface area contributed by atoms with Crippen LogP contribution in [0.5, 0.6) is 0 Å². The summed E-state index contributed by atoms with van der Waals surface area (Å²) in [5.41, 5.74) is 7.48. The Bertz CT molecular complexity index is 969. The summed E-state index contributed by atoms with van der Waals surface area (Å²) in [6, 6.07) is 9.98. The van der Waals surface area contributed by atoms with Gasteiger partial charge in [0.2, 0.25) is 17.8 Å². The minimum Gasteiger partial charge on any atom is -0.369 e. The highest BCUT2D eigenvalue weighted by Gasteiger charge is 2.56. The molecule has 2 aromatic rings. The van der Waals surface area contributed by atoms with Crippen molar-refractivity contribution in [1.82, 2.24) is 15.3 Å². The van der Waals surface area contributed by atoms with Crippen LogP contribution < -0.4 is 16.0 Å². The first kappa shape index (κ1) is 20.3. The van der Waals surface area contributed by atoms with Crippen LogP contribution in [0.3, 0.4) is 0 Å². The van der Waals surface area contributed by atoms with E-state index in [1.807, 2.05) is 36.3 Å². The highest BCUT2D eigenvalue weighted by Crippen LogP contribution is 2.47. The van der Waals surface area contributed by atoms with Crippen molar-refractivity contribution >= 4 is 17.8 Å². The van der Waals surface area contributed by atoms with Crippen LogP contribution in [-0.4, -0.2) is 28.8 Å². The number of nitrogens with one attached hydrogen (secondary N) is 1. The molecule has 0 spiro atoms. The number of anilines is 1. The molecule has 0 saturated heterocycles. The van der Waals surface area contributed by atoms with Crippen molar-refractivity contribution in [2.45, 2.75) is 52.1 Å². The topological polar surface area (TPSA) is 101 Å². The zero-order chi connectivity index (χ0) is 21.5. The summed E-state index contributed by atoms with van der Waals surface area (Å²) in [6.45, 7) is 5.06. The van der Waals surface area contributed by atoms with Gasteiger partial charge in [-0.25, -0.2) is 9.97 Å². The van der Waals surface area contributed by atoms with E-state index in [1.165, 1.54) is 5.56 Å². The van der Waals surface area contributed by atoms with Crippen LogP contribution >= 0.6 is 0 Å². The summed E-state index contributed by atoms with van der Waals surface area (Å²) in [4.78, 5) is 36.0. The fourth-order valence-corrected chi connectivity index (χ4v) is 4.28. The number of rotatable bonds is 6. The Hall–Kier alpha value is -2.96. The third kappa shape index (κ3) is 3.88. The van der Waals surface area contributed by atoms with Crippen molar-refractivity contribution in [3.63, 3.8) is 0 Å². The lowest BCUT2D eigenvalue weighted by atomic mass is 9.74. The van der Waals surface area contributed by atoms with Crippen molar-refractivity contribution < 1.29 is 9.59 Å². The lowest BCUT2D eigenvalue weighted by molar-refractivity contribution is -0.136. The molecule has 2 aliphatic carbocycles. The van der Waals surface area contributed by atoms with Crippen molar-refractivity contribution in [3.8, 4) is 0 Å². The second-order valence-electron chi connectivity index (χ2n) is 9.43. The van der Waals surface area contributed by atoms with Crippen LogP contribution in [0.25, 0.3) is 0 Å². The maximum absolute atomic E-state index is 12.8. The molecular formula is C23H29N5O2. The van der Waals surface area contributed by atoms with E-state index in [0.717, 1.165) is 24.1 Å². The van der Waals surface area contributed by atoms with E-state index in [2.05, 4.69) is 36.3 Å². The Balaban J connectivity index is 1.57.